The summed E-state index contributed by atoms with van der Waals surface area (Å²) in [6.07, 6.45) is 0.152. The predicted molar refractivity (Wildman–Crippen MR) is 155 cm³/mol. The molecule has 1 aromatic carbocycles. The molecule has 1 amide bonds. The molecule has 1 aliphatic heterocycles. The Morgan fingerprint density at radius 1 is 1.00 bits per heavy atom. The summed E-state index contributed by atoms with van der Waals surface area (Å²) in [5.74, 6) is -0.589. The Bertz CT molecular complexity index is 1090. The topological polar surface area (TPSA) is 168 Å². The minimum Gasteiger partial charge on any atom is -0.459 e. The van der Waals surface area contributed by atoms with Gasteiger partial charge >= 0.3 is 5.97 Å². The highest BCUT2D eigenvalue weighted by molar-refractivity contribution is 7.13. The number of rotatable bonds is 17. The highest BCUT2D eigenvalue weighted by Crippen LogP contribution is 2.31. The van der Waals surface area contributed by atoms with Gasteiger partial charge in [-0.25, -0.2) is 4.79 Å². The van der Waals surface area contributed by atoms with E-state index in [1.54, 1.807) is 6.07 Å². The summed E-state index contributed by atoms with van der Waals surface area (Å²) >= 11 is 1.26. The Morgan fingerprint density at radius 3 is 2.39 bits per heavy atom. The Kier molecular flexibility index (Phi) is 13.2. The summed E-state index contributed by atoms with van der Waals surface area (Å²) in [7, 11) is 0. The molecule has 1 fully saturated rings. The lowest BCUT2D eigenvalue weighted by atomic mass is 10.0. The number of ether oxygens (including phenoxy) is 1. The fraction of sp³-hybridized carbons (Fsp3) is 0.600. The molecule has 6 N–H and O–H groups in total. The van der Waals surface area contributed by atoms with Gasteiger partial charge in [0.15, 0.2) is 0 Å². The number of aryl methyl sites for hydroxylation is 1. The van der Waals surface area contributed by atoms with Crippen LogP contribution in [-0.2, 0) is 16.0 Å². The molecule has 1 saturated heterocycles. The van der Waals surface area contributed by atoms with Gasteiger partial charge in [-0.1, -0.05) is 38.3 Å². The van der Waals surface area contributed by atoms with Gasteiger partial charge in [-0.2, -0.15) is 0 Å². The molecule has 228 valence electrons. The van der Waals surface area contributed by atoms with E-state index >= 15 is 0 Å². The summed E-state index contributed by atoms with van der Waals surface area (Å²) < 4.78 is 5.04. The first-order valence-corrected chi connectivity index (χ1v) is 15.2. The molecule has 6 atom stereocenters. The second kappa shape index (κ2) is 16.3. The van der Waals surface area contributed by atoms with E-state index in [9.17, 15) is 35.1 Å². The van der Waals surface area contributed by atoms with Crippen molar-refractivity contribution in [2.24, 2.45) is 0 Å². The quantitative estimate of drug-likeness (QED) is 0.119. The number of thiophene rings is 1. The van der Waals surface area contributed by atoms with Crippen LogP contribution in [0.15, 0.2) is 36.4 Å². The van der Waals surface area contributed by atoms with Crippen LogP contribution in [-0.4, -0.2) is 86.2 Å². The fourth-order valence-electron chi connectivity index (χ4n) is 5.01. The lowest BCUT2D eigenvalue weighted by Crippen LogP contribution is -2.47. The zero-order valence-corrected chi connectivity index (χ0v) is 24.3. The van der Waals surface area contributed by atoms with Crippen molar-refractivity contribution in [1.82, 2.24) is 0 Å². The number of aliphatic hydroxyl groups excluding tert-OH is 6. The van der Waals surface area contributed by atoms with Crippen LogP contribution in [0, 0.1) is 0 Å². The molecule has 1 aliphatic rings. The van der Waals surface area contributed by atoms with Crippen LogP contribution in [0.3, 0.4) is 0 Å². The molecular formula is C30H43NO9S. The Balaban J connectivity index is 1.47. The lowest BCUT2D eigenvalue weighted by Gasteiger charge is -2.25. The fourth-order valence-corrected chi connectivity index (χ4v) is 5.95. The first kappa shape index (κ1) is 33.1. The second-order valence-electron chi connectivity index (χ2n) is 10.6. The maximum atomic E-state index is 12.7. The number of nitrogens with zero attached hydrogens (tertiary/aromatic N) is 1. The van der Waals surface area contributed by atoms with Crippen molar-refractivity contribution < 1.29 is 45.0 Å². The van der Waals surface area contributed by atoms with Crippen LogP contribution in [0.1, 0.15) is 84.5 Å². The van der Waals surface area contributed by atoms with Gasteiger partial charge in [0.25, 0.3) is 0 Å². The predicted octanol–water partition coefficient (Wildman–Crippen LogP) is 2.47. The average molecular weight is 594 g/mol. The molecule has 0 unspecified atom stereocenters. The molecule has 0 saturated carbocycles. The van der Waals surface area contributed by atoms with E-state index in [0.717, 1.165) is 61.1 Å². The van der Waals surface area contributed by atoms with Crippen molar-refractivity contribution in [3.63, 3.8) is 0 Å². The highest BCUT2D eigenvalue weighted by atomic mass is 32.1. The van der Waals surface area contributed by atoms with E-state index in [0.29, 0.717) is 17.7 Å². The number of aliphatic hydroxyl groups is 6. The van der Waals surface area contributed by atoms with Crippen molar-refractivity contribution in [1.29, 1.82) is 0 Å². The van der Waals surface area contributed by atoms with Crippen LogP contribution in [0.2, 0.25) is 0 Å². The third kappa shape index (κ3) is 9.31. The summed E-state index contributed by atoms with van der Waals surface area (Å²) in [5, 5.41) is 58.1. The highest BCUT2D eigenvalue weighted by Gasteiger charge is 2.32. The molecule has 2 aromatic rings. The zero-order valence-electron chi connectivity index (χ0n) is 23.5. The third-order valence-corrected chi connectivity index (χ3v) is 8.62. The number of amides is 1. The van der Waals surface area contributed by atoms with E-state index < -0.39 is 49.7 Å². The van der Waals surface area contributed by atoms with Gasteiger partial charge in [0.2, 0.25) is 5.91 Å². The van der Waals surface area contributed by atoms with Crippen molar-refractivity contribution in [3.8, 4) is 0 Å². The molecule has 10 nitrogen and oxygen atoms in total. The van der Waals surface area contributed by atoms with Crippen molar-refractivity contribution in [2.45, 2.75) is 101 Å². The molecule has 11 heteroatoms. The van der Waals surface area contributed by atoms with E-state index in [1.165, 1.54) is 11.3 Å². The Morgan fingerprint density at radius 2 is 1.71 bits per heavy atom. The minimum atomic E-state index is -1.80. The molecular weight excluding hydrogens is 550 g/mol. The third-order valence-electron chi connectivity index (χ3n) is 7.50. The van der Waals surface area contributed by atoms with Gasteiger partial charge in [0, 0.05) is 23.0 Å². The normalized spacial score (nSPS) is 19.1. The van der Waals surface area contributed by atoms with Gasteiger partial charge in [0.1, 0.15) is 35.9 Å². The molecule has 0 radical (unpaired) electrons. The van der Waals surface area contributed by atoms with Gasteiger partial charge in [0.05, 0.1) is 12.7 Å². The molecule has 2 heterocycles. The maximum Gasteiger partial charge on any atom is 0.348 e. The number of esters is 1. The number of benzene rings is 1. The number of carbonyl (C=O) groups is 2. The van der Waals surface area contributed by atoms with Gasteiger partial charge < -0.3 is 40.3 Å². The van der Waals surface area contributed by atoms with Crippen molar-refractivity contribution in [3.05, 3.63) is 51.7 Å². The first-order chi connectivity index (χ1) is 19.7. The molecule has 3 rings (SSSR count). The number of unbranched alkanes of at least 4 members (excludes halogenated alkanes) is 2. The first-order valence-electron chi connectivity index (χ1n) is 14.3. The molecule has 0 bridgehead atoms. The molecule has 41 heavy (non-hydrogen) atoms. The average Bonchev–Trinajstić information content (AvgIpc) is 3.61. The van der Waals surface area contributed by atoms with Crippen LogP contribution in [0.25, 0.3) is 0 Å². The van der Waals surface area contributed by atoms with Gasteiger partial charge in [-0.05, 0) is 61.9 Å². The largest absolute Gasteiger partial charge is 0.459 e. The van der Waals surface area contributed by atoms with Crippen LogP contribution in [0.5, 0.6) is 0 Å². The van der Waals surface area contributed by atoms with E-state index in [4.69, 9.17) is 9.84 Å². The van der Waals surface area contributed by atoms with Crippen molar-refractivity contribution >= 4 is 28.9 Å². The number of hydrogen-bond donors (Lipinski definition) is 6. The van der Waals surface area contributed by atoms with E-state index in [2.05, 4.69) is 6.92 Å². The Hall–Kier alpha value is -2.38. The van der Waals surface area contributed by atoms with Crippen LogP contribution in [0.4, 0.5) is 5.69 Å². The summed E-state index contributed by atoms with van der Waals surface area (Å²) in [6.45, 7) is 0.745. The van der Waals surface area contributed by atoms with Gasteiger partial charge in [-0.15, -0.1) is 11.3 Å². The van der Waals surface area contributed by atoms with E-state index in [1.807, 2.05) is 35.2 Å². The van der Waals surface area contributed by atoms with E-state index in [-0.39, 0.29) is 11.9 Å². The van der Waals surface area contributed by atoms with Crippen LogP contribution >= 0.6 is 11.3 Å². The zero-order chi connectivity index (χ0) is 29.9. The molecule has 0 aliphatic carbocycles. The maximum absolute atomic E-state index is 12.7. The van der Waals surface area contributed by atoms with Crippen LogP contribution < -0.4 is 4.90 Å². The standard InChI is InChI=1S/C30H43NO9S/c1-2-3-4-8-23(33)19-9-11-21(12-10-19)31-20(13-16-27(31)36)6-5-7-22-14-15-26(41-22)30(39)40-18-25(35)29(38)28(37)24(34)17-32/h9-12,14-15,20,23-25,28-29,32-35,37-38H,2-8,13,16-18H2,1H3/t20-,23-,24+,25+,28+,29+/m0/s1. The number of carbonyl (C=O) groups excluding carboxylic acids is 2. The SMILES string of the molecule is CCCCC[C@H](O)c1ccc(N2C(=O)CC[C@@H]2CCCc2ccc(C(=O)OC[C@@H](O)[C@@H](O)[C@H](O)[C@H](O)CO)s2)cc1. The molecule has 1 aromatic heterocycles. The monoisotopic (exact) mass is 593 g/mol. The smallest absolute Gasteiger partial charge is 0.348 e. The minimum absolute atomic E-state index is 0.0832. The Labute approximate surface area is 244 Å². The summed E-state index contributed by atoms with van der Waals surface area (Å²) in [4.78, 5) is 28.2. The summed E-state index contributed by atoms with van der Waals surface area (Å²) in [6, 6.07) is 11.2. The van der Waals surface area contributed by atoms with Crippen molar-refractivity contribution in [2.75, 3.05) is 18.1 Å². The lowest BCUT2D eigenvalue weighted by molar-refractivity contribution is -0.124. The van der Waals surface area contributed by atoms with Gasteiger partial charge in [-0.3, -0.25) is 4.79 Å². The molecule has 0 spiro atoms. The summed E-state index contributed by atoms with van der Waals surface area (Å²) in [5.41, 5.74) is 1.71. The number of anilines is 1. The number of hydrogen-bond acceptors (Lipinski definition) is 10. The second-order valence-corrected chi connectivity index (χ2v) is 11.8.